The van der Waals surface area contributed by atoms with Crippen LogP contribution in [0.2, 0.25) is 10.0 Å². The molecule has 12 heteroatoms. The fourth-order valence-corrected chi connectivity index (χ4v) is 3.66. The van der Waals surface area contributed by atoms with Crippen molar-refractivity contribution >= 4 is 46.4 Å². The van der Waals surface area contributed by atoms with Gasteiger partial charge in [0, 0.05) is 17.4 Å². The van der Waals surface area contributed by atoms with Crippen LogP contribution in [0.25, 0.3) is 0 Å². The topological polar surface area (TPSA) is 96.0 Å². The first kappa shape index (κ1) is 24.7. The van der Waals surface area contributed by atoms with E-state index in [2.05, 4.69) is 25.9 Å². The van der Waals surface area contributed by atoms with Crippen LogP contribution >= 0.6 is 23.2 Å². The van der Waals surface area contributed by atoms with Crippen molar-refractivity contribution in [2.45, 2.75) is 31.1 Å². The molecule has 1 saturated carbocycles. The minimum Gasteiger partial charge on any atom is -0.354 e. The third-order valence-electron chi connectivity index (χ3n) is 5.33. The molecule has 0 aliphatic heterocycles. The lowest BCUT2D eigenvalue weighted by atomic mass is 10.1. The molecule has 3 aromatic rings. The average molecular weight is 524 g/mol. The molecule has 1 aliphatic carbocycles. The third kappa shape index (κ3) is 6.01. The van der Waals surface area contributed by atoms with Gasteiger partial charge in [0.25, 0.3) is 5.91 Å². The zero-order chi connectivity index (χ0) is 25.2. The number of halogens is 5. The van der Waals surface area contributed by atoms with Gasteiger partial charge in [-0.2, -0.15) is 13.2 Å². The van der Waals surface area contributed by atoms with E-state index in [4.69, 9.17) is 23.2 Å². The lowest BCUT2D eigenvalue weighted by Gasteiger charge is -2.17. The minimum atomic E-state index is -4.58. The Hall–Kier alpha value is -3.37. The predicted molar refractivity (Wildman–Crippen MR) is 124 cm³/mol. The summed E-state index contributed by atoms with van der Waals surface area (Å²) >= 11 is 11.6. The van der Waals surface area contributed by atoms with Gasteiger partial charge in [-0.1, -0.05) is 23.2 Å². The fourth-order valence-electron chi connectivity index (χ4n) is 3.32. The van der Waals surface area contributed by atoms with E-state index in [1.165, 1.54) is 36.8 Å². The number of carbonyl (C=O) groups excluding carboxylic acids is 2. The van der Waals surface area contributed by atoms with Crippen molar-refractivity contribution in [1.82, 2.24) is 20.6 Å². The second-order valence-corrected chi connectivity index (χ2v) is 8.83. The van der Waals surface area contributed by atoms with Gasteiger partial charge in [0.1, 0.15) is 5.54 Å². The van der Waals surface area contributed by atoms with Gasteiger partial charge in [0.2, 0.25) is 5.91 Å². The Bertz CT molecular complexity index is 1260. The zero-order valence-corrected chi connectivity index (χ0v) is 19.4. The molecule has 2 amide bonds. The maximum Gasteiger partial charge on any atom is 0.418 e. The molecule has 2 heterocycles. The van der Waals surface area contributed by atoms with Crippen LogP contribution < -0.4 is 16.0 Å². The van der Waals surface area contributed by atoms with Gasteiger partial charge in [0.15, 0.2) is 0 Å². The predicted octanol–water partition coefficient (Wildman–Crippen LogP) is 5.12. The number of hydrogen-bond donors (Lipinski definition) is 3. The SMILES string of the molecule is O=C(NC1(C(=O)NCc2ccc(Nc3ccc(Cl)cc3C(F)(F)F)cn2)CC1)c1cncc(Cl)c1. The smallest absolute Gasteiger partial charge is 0.354 e. The van der Waals surface area contributed by atoms with Crippen LogP contribution in [0.3, 0.4) is 0 Å². The van der Waals surface area contributed by atoms with Crippen molar-refractivity contribution in [3.63, 3.8) is 0 Å². The molecule has 0 saturated heterocycles. The van der Waals surface area contributed by atoms with Crippen LogP contribution in [-0.4, -0.2) is 27.3 Å². The van der Waals surface area contributed by atoms with E-state index in [1.54, 1.807) is 12.1 Å². The Balaban J connectivity index is 1.35. The van der Waals surface area contributed by atoms with Crippen LogP contribution in [0.5, 0.6) is 0 Å². The Labute approximate surface area is 208 Å². The van der Waals surface area contributed by atoms with Crippen molar-refractivity contribution in [1.29, 1.82) is 0 Å². The van der Waals surface area contributed by atoms with Crippen LogP contribution in [-0.2, 0) is 17.5 Å². The summed E-state index contributed by atoms with van der Waals surface area (Å²) in [7, 11) is 0. The fraction of sp³-hybridized carbons (Fsp3) is 0.217. The first-order valence-electron chi connectivity index (χ1n) is 10.4. The van der Waals surface area contributed by atoms with E-state index in [-0.39, 0.29) is 28.7 Å². The standard InChI is InChI=1S/C23H18Cl2F3N5O2/c24-14-1-4-19(18(8-14)23(26,27)28)32-17-3-2-16(30-12-17)11-31-21(35)22(5-6-22)33-20(34)13-7-15(25)10-29-9-13/h1-4,7-10,12,32H,5-6,11H2,(H,31,35)(H,33,34). The number of nitrogens with zero attached hydrogens (tertiary/aromatic N) is 2. The Morgan fingerprint density at radius 2 is 1.77 bits per heavy atom. The first-order valence-corrected chi connectivity index (χ1v) is 11.1. The molecule has 3 N–H and O–H groups in total. The van der Waals surface area contributed by atoms with Crippen molar-refractivity contribution in [2.75, 3.05) is 5.32 Å². The lowest BCUT2D eigenvalue weighted by Crippen LogP contribution is -2.48. The van der Waals surface area contributed by atoms with Crippen molar-refractivity contribution in [3.05, 3.63) is 81.9 Å². The summed E-state index contributed by atoms with van der Waals surface area (Å²) in [6.07, 6.45) is 0.501. The molecular weight excluding hydrogens is 506 g/mol. The number of amides is 2. The van der Waals surface area contributed by atoms with Gasteiger partial charge in [-0.15, -0.1) is 0 Å². The molecule has 1 aromatic carbocycles. The highest BCUT2D eigenvalue weighted by Crippen LogP contribution is 2.38. The van der Waals surface area contributed by atoms with Crippen molar-refractivity contribution < 1.29 is 22.8 Å². The summed E-state index contributed by atoms with van der Waals surface area (Å²) < 4.78 is 39.8. The number of hydrogen-bond acceptors (Lipinski definition) is 5. The quantitative estimate of drug-likeness (QED) is 0.399. The van der Waals surface area contributed by atoms with Crippen LogP contribution in [0, 0.1) is 0 Å². The summed E-state index contributed by atoms with van der Waals surface area (Å²) in [5, 5.41) is 8.42. The summed E-state index contributed by atoms with van der Waals surface area (Å²) in [5.74, 6) is -0.817. The molecule has 0 atom stereocenters. The molecule has 2 aromatic heterocycles. The van der Waals surface area contributed by atoms with Gasteiger partial charge < -0.3 is 16.0 Å². The molecule has 0 unspecified atom stereocenters. The molecule has 35 heavy (non-hydrogen) atoms. The molecule has 1 fully saturated rings. The third-order valence-corrected chi connectivity index (χ3v) is 5.77. The molecule has 0 bridgehead atoms. The number of aromatic nitrogens is 2. The molecule has 1 aliphatic rings. The number of rotatable bonds is 7. The molecule has 0 spiro atoms. The van der Waals surface area contributed by atoms with Crippen LogP contribution in [0.15, 0.2) is 55.0 Å². The molecule has 4 rings (SSSR count). The van der Waals surface area contributed by atoms with Crippen LogP contribution in [0.4, 0.5) is 24.5 Å². The molecule has 0 radical (unpaired) electrons. The van der Waals surface area contributed by atoms with E-state index in [0.717, 1.165) is 6.07 Å². The van der Waals surface area contributed by atoms with E-state index in [1.807, 2.05) is 0 Å². The van der Waals surface area contributed by atoms with Crippen molar-refractivity contribution in [3.8, 4) is 0 Å². The number of carbonyl (C=O) groups is 2. The number of pyridine rings is 2. The highest BCUT2D eigenvalue weighted by molar-refractivity contribution is 6.31. The highest BCUT2D eigenvalue weighted by atomic mass is 35.5. The Morgan fingerprint density at radius 1 is 1.00 bits per heavy atom. The van der Waals surface area contributed by atoms with Gasteiger partial charge >= 0.3 is 6.18 Å². The zero-order valence-electron chi connectivity index (χ0n) is 17.9. The Morgan fingerprint density at radius 3 is 2.40 bits per heavy atom. The summed E-state index contributed by atoms with van der Waals surface area (Å²) in [6.45, 7) is 0.0736. The molecular formula is C23H18Cl2F3N5O2. The van der Waals surface area contributed by atoms with E-state index < -0.39 is 23.2 Å². The normalized spacial score (nSPS) is 14.2. The lowest BCUT2D eigenvalue weighted by molar-refractivity contribution is -0.137. The monoisotopic (exact) mass is 523 g/mol. The van der Waals surface area contributed by atoms with Gasteiger partial charge in [-0.05, 0) is 49.2 Å². The van der Waals surface area contributed by atoms with Crippen molar-refractivity contribution in [2.24, 2.45) is 0 Å². The second-order valence-electron chi connectivity index (χ2n) is 7.96. The maximum atomic E-state index is 13.3. The van der Waals surface area contributed by atoms with Gasteiger partial charge in [-0.3, -0.25) is 19.6 Å². The Kier molecular flexibility index (Phi) is 6.86. The second kappa shape index (κ2) is 9.71. The molecule has 182 valence electrons. The minimum absolute atomic E-state index is 0.0269. The number of alkyl halides is 3. The van der Waals surface area contributed by atoms with E-state index >= 15 is 0 Å². The van der Waals surface area contributed by atoms with Gasteiger partial charge in [0.05, 0.1) is 46.0 Å². The number of anilines is 2. The number of benzene rings is 1. The number of nitrogens with one attached hydrogen (secondary N) is 3. The summed E-state index contributed by atoms with van der Waals surface area (Å²) in [5.41, 5.74) is -1.01. The highest BCUT2D eigenvalue weighted by Gasteiger charge is 2.51. The maximum absolute atomic E-state index is 13.3. The largest absolute Gasteiger partial charge is 0.418 e. The summed E-state index contributed by atoms with van der Waals surface area (Å²) in [6, 6.07) is 8.01. The average Bonchev–Trinajstić information content (AvgIpc) is 3.59. The molecule has 7 nitrogen and oxygen atoms in total. The van der Waals surface area contributed by atoms with E-state index in [0.29, 0.717) is 29.2 Å². The van der Waals surface area contributed by atoms with E-state index in [9.17, 15) is 22.8 Å². The van der Waals surface area contributed by atoms with Gasteiger partial charge in [-0.25, -0.2) is 0 Å². The van der Waals surface area contributed by atoms with Crippen LogP contribution in [0.1, 0.15) is 34.5 Å². The summed E-state index contributed by atoms with van der Waals surface area (Å²) in [4.78, 5) is 33.2. The first-order chi connectivity index (χ1) is 16.6.